The summed E-state index contributed by atoms with van der Waals surface area (Å²) >= 11 is 0. The van der Waals surface area contributed by atoms with Crippen LogP contribution in [0.5, 0.6) is 23.0 Å². The van der Waals surface area contributed by atoms with Crippen LogP contribution in [0.2, 0.25) is 0 Å². The Hall–Kier alpha value is -7.77. The Labute approximate surface area is 378 Å². The summed E-state index contributed by atoms with van der Waals surface area (Å²) < 4.78 is 119. The highest BCUT2D eigenvalue weighted by Gasteiger charge is 2.73. The molecule has 2 heterocycles. The third kappa shape index (κ3) is 7.26. The topological polar surface area (TPSA) is 110 Å². The Morgan fingerprint density at radius 2 is 0.925 bits per heavy atom. The van der Waals surface area contributed by atoms with Crippen LogP contribution >= 0.6 is 7.14 Å². The number of alkyl halides is 6. The number of nitrogens with zero attached hydrogens (tertiary/aromatic N) is 2. The lowest BCUT2D eigenvalue weighted by molar-refractivity contribution is -0.288. The van der Waals surface area contributed by atoms with E-state index in [4.69, 9.17) is 9.47 Å². The number of fused-ring (bicyclic) bond motifs is 2. The maximum Gasteiger partial charge on any atom is 0.411 e. The van der Waals surface area contributed by atoms with Gasteiger partial charge in [0.05, 0.1) is 33.2 Å². The Morgan fingerprint density at radius 1 is 0.478 bits per heavy atom. The standard InChI is InChI=1S/C51H33F6N2O7P/c1-30-13-19-34(20-14-30)65-36-23-26-44(67(64,37-9-5-3-6-10-37)38-11-7-4-8-12-38)43(29-36)66-35-21-17-33(18-22-35)59-47(62)40-25-16-32(28-42(40)48(59)63)49(50(52,53)54,51(55,56)57)31-15-24-39-41(27-31)46(61)58(2)45(39)60/h3-29H,1-2H3. The molecule has 0 spiro atoms. The second-order valence-electron chi connectivity index (χ2n) is 15.8. The van der Waals surface area contributed by atoms with Gasteiger partial charge < -0.3 is 14.0 Å². The van der Waals surface area contributed by atoms with Crippen molar-refractivity contribution in [3.63, 3.8) is 0 Å². The van der Waals surface area contributed by atoms with Crippen molar-refractivity contribution < 1.29 is 59.6 Å². The highest BCUT2D eigenvalue weighted by molar-refractivity contribution is 7.85. The Morgan fingerprint density at radius 3 is 1.46 bits per heavy atom. The van der Waals surface area contributed by atoms with Gasteiger partial charge in [-0.15, -0.1) is 0 Å². The molecule has 0 N–H and O–H groups in total. The maximum absolute atomic E-state index is 15.5. The molecule has 336 valence electrons. The van der Waals surface area contributed by atoms with E-state index in [9.17, 15) is 19.2 Å². The molecule has 9 rings (SSSR count). The van der Waals surface area contributed by atoms with Crippen molar-refractivity contribution in [3.05, 3.63) is 203 Å². The van der Waals surface area contributed by atoms with Gasteiger partial charge in [0, 0.05) is 23.7 Å². The van der Waals surface area contributed by atoms with Crippen molar-refractivity contribution in [1.82, 2.24) is 4.90 Å². The van der Waals surface area contributed by atoms with Gasteiger partial charge in [-0.05, 0) is 90.8 Å². The van der Waals surface area contributed by atoms with Gasteiger partial charge in [0.25, 0.3) is 23.6 Å². The number of rotatable bonds is 10. The molecule has 0 radical (unpaired) electrons. The molecule has 7 aromatic rings. The Balaban J connectivity index is 1.08. The first-order valence-electron chi connectivity index (χ1n) is 20.4. The van der Waals surface area contributed by atoms with Crippen molar-refractivity contribution >= 4 is 52.4 Å². The Kier molecular flexibility index (Phi) is 10.8. The van der Waals surface area contributed by atoms with Crippen LogP contribution in [0.25, 0.3) is 0 Å². The third-order valence-electron chi connectivity index (χ3n) is 11.8. The van der Waals surface area contributed by atoms with Gasteiger partial charge in [0.2, 0.25) is 5.41 Å². The fourth-order valence-electron chi connectivity index (χ4n) is 8.42. The van der Waals surface area contributed by atoms with Crippen molar-refractivity contribution in [2.24, 2.45) is 0 Å². The van der Waals surface area contributed by atoms with E-state index >= 15 is 30.9 Å². The van der Waals surface area contributed by atoms with E-state index in [-0.39, 0.29) is 22.7 Å². The zero-order valence-electron chi connectivity index (χ0n) is 35.1. The summed E-state index contributed by atoms with van der Waals surface area (Å²) in [4.78, 5) is 54.1. The number of hydrogen-bond acceptors (Lipinski definition) is 7. The van der Waals surface area contributed by atoms with E-state index in [0.717, 1.165) is 24.7 Å². The molecule has 4 amide bonds. The molecular weight excluding hydrogens is 898 g/mol. The average Bonchev–Trinajstić information content (AvgIpc) is 3.68. The quantitative estimate of drug-likeness (QED) is 0.0763. The van der Waals surface area contributed by atoms with Crippen LogP contribution in [-0.2, 0) is 9.98 Å². The molecule has 0 bridgehead atoms. The minimum atomic E-state index is -6.12. The number of imide groups is 2. The van der Waals surface area contributed by atoms with Gasteiger partial charge in [0.15, 0.2) is 7.14 Å². The molecule has 2 aliphatic heterocycles. The number of benzene rings is 7. The van der Waals surface area contributed by atoms with Gasteiger partial charge in [-0.1, -0.05) is 90.5 Å². The minimum absolute atomic E-state index is 0.0974. The molecule has 0 aromatic heterocycles. The van der Waals surface area contributed by atoms with Gasteiger partial charge in [-0.2, -0.15) is 26.3 Å². The van der Waals surface area contributed by atoms with E-state index in [1.165, 1.54) is 24.3 Å². The van der Waals surface area contributed by atoms with Crippen molar-refractivity contribution in [3.8, 4) is 23.0 Å². The molecule has 0 saturated carbocycles. The molecule has 0 fully saturated rings. The largest absolute Gasteiger partial charge is 0.457 e. The zero-order chi connectivity index (χ0) is 47.6. The number of anilines is 1. The first-order chi connectivity index (χ1) is 31.8. The van der Waals surface area contributed by atoms with Crippen molar-refractivity contribution in [2.45, 2.75) is 24.7 Å². The number of amides is 4. The second-order valence-corrected chi connectivity index (χ2v) is 18.5. The van der Waals surface area contributed by atoms with Crippen LogP contribution in [0.15, 0.2) is 164 Å². The third-order valence-corrected chi connectivity index (χ3v) is 14.9. The summed E-state index contributed by atoms with van der Waals surface area (Å²) in [6, 6.07) is 38.4. The number of aryl methyl sites for hydroxylation is 1. The van der Waals surface area contributed by atoms with Gasteiger partial charge in [-0.3, -0.25) is 24.1 Å². The molecule has 0 saturated heterocycles. The number of halogens is 6. The molecule has 67 heavy (non-hydrogen) atoms. The minimum Gasteiger partial charge on any atom is -0.457 e. The van der Waals surface area contributed by atoms with Crippen LogP contribution in [0, 0.1) is 6.92 Å². The maximum atomic E-state index is 15.5. The summed E-state index contributed by atoms with van der Waals surface area (Å²) in [7, 11) is -2.62. The molecule has 9 nitrogen and oxygen atoms in total. The van der Waals surface area contributed by atoms with E-state index in [1.54, 1.807) is 91.0 Å². The van der Waals surface area contributed by atoms with Gasteiger partial charge in [0.1, 0.15) is 23.0 Å². The summed E-state index contributed by atoms with van der Waals surface area (Å²) in [6.45, 7) is 1.93. The normalized spacial score (nSPS) is 14.1. The molecule has 7 aromatic carbocycles. The van der Waals surface area contributed by atoms with E-state index in [2.05, 4.69) is 0 Å². The van der Waals surface area contributed by atoms with Crippen molar-refractivity contribution in [2.75, 3.05) is 11.9 Å². The van der Waals surface area contributed by atoms with Gasteiger partial charge >= 0.3 is 12.4 Å². The van der Waals surface area contributed by atoms with Crippen LogP contribution in [-0.4, -0.2) is 47.9 Å². The van der Waals surface area contributed by atoms with E-state index in [1.807, 2.05) is 19.1 Å². The molecule has 0 unspecified atom stereocenters. The molecule has 0 aliphatic carbocycles. The lowest BCUT2D eigenvalue weighted by Gasteiger charge is -2.38. The highest BCUT2D eigenvalue weighted by atomic mass is 31.2. The van der Waals surface area contributed by atoms with Gasteiger partial charge in [-0.25, -0.2) is 4.90 Å². The molecule has 2 aliphatic rings. The van der Waals surface area contributed by atoms with Crippen LogP contribution in [0.1, 0.15) is 58.1 Å². The monoisotopic (exact) mass is 930 g/mol. The average molecular weight is 931 g/mol. The number of carbonyl (C=O) groups excluding carboxylic acids is 4. The SMILES string of the molecule is Cc1ccc(Oc2ccc(P(=O)(c3ccccc3)c3ccccc3)c(Oc3ccc(N4C(=O)c5ccc(C(c6ccc7c(c6)C(=O)N(C)C7=O)(C(F)(F)F)C(F)(F)F)cc5C4=O)cc3)c2)cc1. The molecule has 16 heteroatoms. The molecular formula is C51H33F6N2O7P. The lowest BCUT2D eigenvalue weighted by Crippen LogP contribution is -2.55. The predicted octanol–water partition coefficient (Wildman–Crippen LogP) is 10.7. The number of ether oxygens (including phenoxy) is 2. The summed E-state index contributed by atoms with van der Waals surface area (Å²) in [5.41, 5.74) is -9.00. The zero-order valence-corrected chi connectivity index (χ0v) is 36.0. The number of carbonyl (C=O) groups is 4. The fraction of sp³-hybridized carbons (Fsp3) is 0.0980. The van der Waals surface area contributed by atoms with Crippen LogP contribution in [0.3, 0.4) is 0 Å². The first-order valence-corrected chi connectivity index (χ1v) is 22.1. The van der Waals surface area contributed by atoms with E-state index in [0.29, 0.717) is 61.5 Å². The van der Waals surface area contributed by atoms with E-state index < -0.39 is 76.4 Å². The lowest BCUT2D eigenvalue weighted by atomic mass is 9.71. The smallest absolute Gasteiger partial charge is 0.411 e. The van der Waals surface area contributed by atoms with Crippen LogP contribution < -0.4 is 30.3 Å². The fourth-order valence-corrected chi connectivity index (χ4v) is 11.2. The number of hydrogen-bond donors (Lipinski definition) is 0. The summed E-state index contributed by atoms with van der Waals surface area (Å²) in [5.74, 6) is -3.12. The van der Waals surface area contributed by atoms with Crippen molar-refractivity contribution in [1.29, 1.82) is 0 Å². The highest BCUT2D eigenvalue weighted by Crippen LogP contribution is 2.57. The second kappa shape index (κ2) is 16.3. The summed E-state index contributed by atoms with van der Waals surface area (Å²) in [5, 5.41) is 1.33. The van der Waals surface area contributed by atoms with Crippen LogP contribution in [0.4, 0.5) is 32.0 Å². The predicted molar refractivity (Wildman–Crippen MR) is 237 cm³/mol. The Bertz CT molecular complexity index is 3140. The first kappa shape index (κ1) is 44.4. The molecule has 0 atom stereocenters. The summed E-state index contributed by atoms with van der Waals surface area (Å²) in [6.07, 6.45) is -12.2.